The molecule has 0 aromatic carbocycles. The van der Waals surface area contributed by atoms with Crippen LogP contribution in [0.4, 0.5) is 0 Å². The van der Waals surface area contributed by atoms with Crippen LogP contribution in [0.3, 0.4) is 0 Å². The van der Waals surface area contributed by atoms with Gasteiger partial charge in [0.15, 0.2) is 6.61 Å². The van der Waals surface area contributed by atoms with E-state index in [1.165, 1.54) is 0 Å². The van der Waals surface area contributed by atoms with Gasteiger partial charge in [0.1, 0.15) is 0 Å². The number of nitrogens with one attached hydrogen (secondary N) is 1. The van der Waals surface area contributed by atoms with Crippen LogP contribution in [0.5, 0.6) is 0 Å². The van der Waals surface area contributed by atoms with Gasteiger partial charge in [0, 0.05) is 24.1 Å². The number of hydrogen-bond acceptors (Lipinski definition) is 7. The van der Waals surface area contributed by atoms with Crippen molar-refractivity contribution >= 4 is 23.8 Å². The van der Waals surface area contributed by atoms with E-state index in [0.29, 0.717) is 0 Å². The van der Waals surface area contributed by atoms with Gasteiger partial charge in [-0.25, -0.2) is 14.4 Å². The van der Waals surface area contributed by atoms with Crippen LogP contribution < -0.4 is 5.32 Å². The van der Waals surface area contributed by atoms with E-state index < -0.39 is 53.1 Å². The largest absolute Gasteiger partial charge is 0.452 e. The Morgan fingerprint density at radius 3 is 1.48 bits per heavy atom. The minimum atomic E-state index is -2.42. The molecule has 29 heavy (non-hydrogen) atoms. The molecule has 0 saturated heterocycles. The molecule has 8 heteroatoms. The van der Waals surface area contributed by atoms with Crippen molar-refractivity contribution in [1.29, 1.82) is 0 Å². The highest BCUT2D eigenvalue weighted by molar-refractivity contribution is 5.86. The zero-order valence-electron chi connectivity index (χ0n) is 18.0. The SMILES string of the molecule is C=CC(=O)OCC(NC(=O)C(C(C)(C)C)C(C)(C)C)(OC(=O)C=C)OC(=O)C=C. The molecular formula is C21H31NO7. The Hall–Kier alpha value is -2.90. The van der Waals surface area contributed by atoms with Crippen LogP contribution in [-0.2, 0) is 33.4 Å². The Morgan fingerprint density at radius 1 is 0.793 bits per heavy atom. The molecule has 0 fully saturated rings. The summed E-state index contributed by atoms with van der Waals surface area (Å²) in [5.41, 5.74) is -1.01. The maximum absolute atomic E-state index is 13.2. The molecule has 0 aromatic rings. The zero-order valence-corrected chi connectivity index (χ0v) is 18.0. The first-order valence-corrected chi connectivity index (χ1v) is 8.94. The Labute approximate surface area is 172 Å². The number of amides is 1. The van der Waals surface area contributed by atoms with E-state index in [4.69, 9.17) is 14.2 Å². The van der Waals surface area contributed by atoms with Crippen LogP contribution in [0.2, 0.25) is 0 Å². The van der Waals surface area contributed by atoms with Crippen molar-refractivity contribution in [2.75, 3.05) is 6.61 Å². The first-order chi connectivity index (χ1) is 13.1. The maximum atomic E-state index is 13.2. The predicted octanol–water partition coefficient (Wildman–Crippen LogP) is 2.65. The molecule has 1 amide bonds. The summed E-state index contributed by atoms with van der Waals surface area (Å²) in [7, 11) is 0. The average Bonchev–Trinajstić information content (AvgIpc) is 2.56. The van der Waals surface area contributed by atoms with Crippen molar-refractivity contribution < 1.29 is 33.4 Å². The molecule has 0 atom stereocenters. The summed E-state index contributed by atoms with van der Waals surface area (Å²) in [6, 6.07) is 0. The lowest BCUT2D eigenvalue weighted by molar-refractivity contribution is -0.250. The fourth-order valence-corrected chi connectivity index (χ4v) is 3.15. The number of esters is 3. The fourth-order valence-electron chi connectivity index (χ4n) is 3.15. The molecule has 0 aromatic heterocycles. The highest BCUT2D eigenvalue weighted by Crippen LogP contribution is 2.40. The quantitative estimate of drug-likeness (QED) is 0.354. The first kappa shape index (κ1) is 26.1. The van der Waals surface area contributed by atoms with Crippen LogP contribution >= 0.6 is 0 Å². The van der Waals surface area contributed by atoms with Gasteiger partial charge in [-0.05, 0) is 10.8 Å². The maximum Gasteiger partial charge on any atom is 0.378 e. The monoisotopic (exact) mass is 409 g/mol. The molecule has 0 saturated carbocycles. The van der Waals surface area contributed by atoms with Gasteiger partial charge in [0.05, 0.1) is 0 Å². The molecule has 1 N–H and O–H groups in total. The summed E-state index contributed by atoms with van der Waals surface area (Å²) in [4.78, 5) is 48.5. The first-order valence-electron chi connectivity index (χ1n) is 8.94. The van der Waals surface area contributed by atoms with E-state index >= 15 is 0 Å². The Bertz CT molecular complexity index is 644. The third kappa shape index (κ3) is 8.33. The Kier molecular flexibility index (Phi) is 9.04. The number of hydrogen-bond donors (Lipinski definition) is 1. The molecular weight excluding hydrogens is 378 g/mol. The molecule has 0 aliphatic rings. The number of rotatable bonds is 9. The molecule has 0 aliphatic heterocycles. The van der Waals surface area contributed by atoms with Crippen LogP contribution in [0, 0.1) is 16.7 Å². The van der Waals surface area contributed by atoms with Crippen molar-refractivity contribution in [2.45, 2.75) is 47.5 Å². The van der Waals surface area contributed by atoms with Gasteiger partial charge in [-0.3, -0.25) is 10.1 Å². The van der Waals surface area contributed by atoms with E-state index in [1.807, 2.05) is 41.5 Å². The van der Waals surface area contributed by atoms with Gasteiger partial charge in [-0.2, -0.15) is 0 Å². The van der Waals surface area contributed by atoms with E-state index in [-0.39, 0.29) is 0 Å². The summed E-state index contributed by atoms with van der Waals surface area (Å²) in [6.07, 6.45) is 2.48. The number of carbonyl (C=O) groups excluding carboxylic acids is 4. The predicted molar refractivity (Wildman–Crippen MR) is 107 cm³/mol. The van der Waals surface area contributed by atoms with Gasteiger partial charge in [0.2, 0.25) is 5.91 Å². The lowest BCUT2D eigenvalue weighted by Crippen LogP contribution is -2.61. The second-order valence-corrected chi connectivity index (χ2v) is 8.47. The van der Waals surface area contributed by atoms with Gasteiger partial charge in [0.25, 0.3) is 0 Å². The van der Waals surface area contributed by atoms with Crippen molar-refractivity contribution in [3.05, 3.63) is 38.0 Å². The normalized spacial score (nSPS) is 11.8. The lowest BCUT2D eigenvalue weighted by atomic mass is 9.66. The summed E-state index contributed by atoms with van der Waals surface area (Å²) < 4.78 is 15.1. The average molecular weight is 409 g/mol. The molecule has 0 aliphatic carbocycles. The highest BCUT2D eigenvalue weighted by atomic mass is 16.8. The minimum Gasteiger partial charge on any atom is -0.452 e. The summed E-state index contributed by atoms with van der Waals surface area (Å²) in [5, 5.41) is 2.42. The van der Waals surface area contributed by atoms with Gasteiger partial charge >= 0.3 is 23.8 Å². The Morgan fingerprint density at radius 2 is 1.17 bits per heavy atom. The summed E-state index contributed by atoms with van der Waals surface area (Å²) >= 11 is 0. The zero-order chi connectivity index (χ0) is 23.0. The standard InChI is InChI=1S/C21H31NO7/c1-10-14(23)27-13-21(28-15(24)11-2,29-16(25)12-3)22-18(26)17(19(4,5)6)20(7,8)9/h10-12,17H,1-3,13H2,4-9H3,(H,22,26). The number of ether oxygens (including phenoxy) is 3. The molecule has 8 nitrogen and oxygen atoms in total. The molecule has 0 heterocycles. The third-order valence-corrected chi connectivity index (χ3v) is 3.74. The second-order valence-electron chi connectivity index (χ2n) is 8.47. The van der Waals surface area contributed by atoms with E-state index in [1.54, 1.807) is 0 Å². The van der Waals surface area contributed by atoms with Gasteiger partial charge in [-0.1, -0.05) is 61.3 Å². The van der Waals surface area contributed by atoms with Crippen molar-refractivity contribution in [3.63, 3.8) is 0 Å². The molecule has 0 rings (SSSR count). The topological polar surface area (TPSA) is 108 Å². The minimum absolute atomic E-state index is 0.503. The van der Waals surface area contributed by atoms with Crippen molar-refractivity contribution in [2.24, 2.45) is 16.7 Å². The highest BCUT2D eigenvalue weighted by Gasteiger charge is 2.47. The summed E-state index contributed by atoms with van der Waals surface area (Å²) in [5.74, 6) is -6.50. The molecule has 162 valence electrons. The van der Waals surface area contributed by atoms with E-state index in [9.17, 15) is 19.2 Å². The van der Waals surface area contributed by atoms with Crippen LogP contribution in [0.25, 0.3) is 0 Å². The fraction of sp³-hybridized carbons (Fsp3) is 0.524. The summed E-state index contributed by atoms with van der Waals surface area (Å²) in [6.45, 7) is 20.2. The number of carbonyl (C=O) groups is 4. The van der Waals surface area contributed by atoms with Crippen molar-refractivity contribution in [1.82, 2.24) is 5.32 Å². The van der Waals surface area contributed by atoms with Gasteiger partial charge in [-0.15, -0.1) is 0 Å². The smallest absolute Gasteiger partial charge is 0.378 e. The second kappa shape index (κ2) is 10.0. The van der Waals surface area contributed by atoms with Crippen LogP contribution in [-0.4, -0.2) is 36.3 Å². The Balaban J connectivity index is 6.21. The lowest BCUT2D eigenvalue weighted by Gasteiger charge is -2.41. The van der Waals surface area contributed by atoms with E-state index in [2.05, 4.69) is 25.1 Å². The van der Waals surface area contributed by atoms with Crippen LogP contribution in [0.1, 0.15) is 41.5 Å². The van der Waals surface area contributed by atoms with E-state index in [0.717, 1.165) is 18.2 Å². The van der Waals surface area contributed by atoms with Crippen molar-refractivity contribution in [3.8, 4) is 0 Å². The van der Waals surface area contributed by atoms with Crippen LogP contribution in [0.15, 0.2) is 38.0 Å². The molecule has 0 unspecified atom stereocenters. The molecule has 0 bridgehead atoms. The van der Waals surface area contributed by atoms with Gasteiger partial charge < -0.3 is 14.2 Å². The molecule has 0 spiro atoms. The molecule has 0 radical (unpaired) electrons. The third-order valence-electron chi connectivity index (χ3n) is 3.74.